The molecule has 0 aromatic rings. The minimum atomic E-state index is -1.83. The highest BCUT2D eigenvalue weighted by molar-refractivity contribution is 6.76. The Hall–Kier alpha value is -0.270. The van der Waals surface area contributed by atoms with Gasteiger partial charge in [-0.05, 0) is 13.8 Å². The van der Waals surface area contributed by atoms with E-state index in [-0.39, 0.29) is 12.1 Å². The lowest BCUT2D eigenvalue weighted by atomic mass is 9.86. The predicted octanol–water partition coefficient (Wildman–Crippen LogP) is 2.86. The van der Waals surface area contributed by atoms with E-state index < -0.39 is 40.0 Å². The summed E-state index contributed by atoms with van der Waals surface area (Å²) < 4.78 is 19.7. The maximum Gasteiger partial charge on any atom is 0.509 e. The Morgan fingerprint density at radius 1 is 1.33 bits per heavy atom. The van der Waals surface area contributed by atoms with Gasteiger partial charge in [0.25, 0.3) is 0 Å². The van der Waals surface area contributed by atoms with Gasteiger partial charge in [-0.2, -0.15) is 0 Å². The lowest BCUT2D eigenvalue weighted by molar-refractivity contribution is -0.233. The highest BCUT2D eigenvalue weighted by Gasteiger charge is 2.58. The summed E-state index contributed by atoms with van der Waals surface area (Å²) in [4.78, 5) is 11.4. The van der Waals surface area contributed by atoms with Crippen molar-refractivity contribution in [2.75, 3.05) is 7.11 Å². The van der Waals surface area contributed by atoms with Gasteiger partial charge in [0.15, 0.2) is 12.2 Å². The maximum absolute atomic E-state index is 11.4. The lowest BCUT2D eigenvalue weighted by Gasteiger charge is -2.45. The van der Waals surface area contributed by atoms with Crippen molar-refractivity contribution < 1.29 is 23.7 Å². The molecule has 1 N–H and O–H groups in total. The molecule has 0 aromatic carbocycles. The third-order valence-electron chi connectivity index (χ3n) is 3.59. The Labute approximate surface area is 137 Å². The van der Waals surface area contributed by atoms with Gasteiger partial charge in [-0.3, -0.25) is 0 Å². The second-order valence-corrected chi connectivity index (χ2v) is 7.79. The van der Waals surface area contributed by atoms with Crippen molar-refractivity contribution in [2.45, 2.75) is 54.1 Å². The molecule has 6 nitrogen and oxygen atoms in total. The lowest BCUT2D eigenvalue weighted by Crippen LogP contribution is -2.62. The molecule has 2 saturated heterocycles. The van der Waals surface area contributed by atoms with Crippen LogP contribution in [0.3, 0.4) is 0 Å². The van der Waals surface area contributed by atoms with Crippen LogP contribution in [0.4, 0.5) is 4.79 Å². The number of halogens is 3. The third kappa shape index (κ3) is 3.40. The van der Waals surface area contributed by atoms with Crippen LogP contribution < -0.4 is 0 Å². The Morgan fingerprint density at radius 2 is 1.90 bits per heavy atom. The summed E-state index contributed by atoms with van der Waals surface area (Å²) in [5.41, 5.74) is -0.895. The van der Waals surface area contributed by atoms with Crippen LogP contribution in [-0.4, -0.2) is 52.8 Å². The molecule has 2 fully saturated rings. The van der Waals surface area contributed by atoms with Gasteiger partial charge < -0.3 is 24.4 Å². The quantitative estimate of drug-likeness (QED) is 0.476. The number of carbonyl (C=O) groups is 1. The first-order valence-electron chi connectivity index (χ1n) is 6.28. The minimum absolute atomic E-state index is 0.00811. The van der Waals surface area contributed by atoms with Gasteiger partial charge in [-0.15, -0.1) is 0 Å². The summed E-state index contributed by atoms with van der Waals surface area (Å²) in [7, 11) is 1.50. The molecule has 0 radical (unpaired) electrons. The molecule has 4 atom stereocenters. The standard InChI is InChI=1S/C12H16Cl3NO5/c1-11(2)9(18-3)8-7(19-10(17)20-8)5(21-11)4-6(16)12(13,14)15/h5,7-9,16H,4H2,1-3H3/t5?,7-,8?,9-/m1/s1. The van der Waals surface area contributed by atoms with Crippen molar-refractivity contribution in [3.8, 4) is 0 Å². The molecule has 0 spiro atoms. The molecule has 2 aliphatic rings. The van der Waals surface area contributed by atoms with Crippen molar-refractivity contribution in [2.24, 2.45) is 0 Å². The van der Waals surface area contributed by atoms with Crippen LogP contribution in [-0.2, 0) is 18.9 Å². The third-order valence-corrected chi connectivity index (χ3v) is 4.28. The molecule has 0 aliphatic carbocycles. The van der Waals surface area contributed by atoms with Gasteiger partial charge in [-0.1, -0.05) is 34.8 Å². The molecule has 9 heteroatoms. The van der Waals surface area contributed by atoms with Crippen LogP contribution >= 0.6 is 34.8 Å². The van der Waals surface area contributed by atoms with Crippen LogP contribution in [0.15, 0.2) is 0 Å². The fourth-order valence-electron chi connectivity index (χ4n) is 2.72. The molecule has 2 aliphatic heterocycles. The molecule has 0 amide bonds. The largest absolute Gasteiger partial charge is 0.509 e. The van der Waals surface area contributed by atoms with Crippen LogP contribution in [0, 0.1) is 5.41 Å². The van der Waals surface area contributed by atoms with Gasteiger partial charge in [0.05, 0.1) is 11.3 Å². The molecule has 2 rings (SSSR count). The average molecular weight is 361 g/mol. The predicted molar refractivity (Wildman–Crippen MR) is 77.5 cm³/mol. The summed E-state index contributed by atoms with van der Waals surface area (Å²) >= 11 is 17.1. The van der Waals surface area contributed by atoms with Gasteiger partial charge in [-0.25, -0.2) is 4.79 Å². The Morgan fingerprint density at radius 3 is 2.43 bits per heavy atom. The first-order valence-corrected chi connectivity index (χ1v) is 7.42. The van der Waals surface area contributed by atoms with Crippen LogP contribution in [0.5, 0.6) is 0 Å². The van der Waals surface area contributed by atoms with Crippen molar-refractivity contribution in [1.82, 2.24) is 0 Å². The first kappa shape index (κ1) is 17.1. The topological polar surface area (TPSA) is 77.8 Å². The van der Waals surface area contributed by atoms with E-state index in [9.17, 15) is 4.79 Å². The molecular formula is C12H16Cl3NO5. The van der Waals surface area contributed by atoms with E-state index in [2.05, 4.69) is 0 Å². The molecule has 21 heavy (non-hydrogen) atoms. The highest BCUT2D eigenvalue weighted by atomic mass is 35.6. The Balaban J connectivity index is 2.22. The van der Waals surface area contributed by atoms with Crippen molar-refractivity contribution >= 4 is 46.7 Å². The normalized spacial score (nSPS) is 34.9. The van der Waals surface area contributed by atoms with E-state index in [1.807, 2.05) is 0 Å². The number of alkyl halides is 3. The molecule has 2 unspecified atom stereocenters. The van der Waals surface area contributed by atoms with E-state index >= 15 is 0 Å². The number of rotatable bonds is 3. The number of nitrogens with one attached hydrogen (secondary N) is 1. The minimum Gasteiger partial charge on any atom is -0.424 e. The number of ether oxygens (including phenoxy) is 4. The van der Waals surface area contributed by atoms with Crippen molar-refractivity contribution in [3.63, 3.8) is 0 Å². The monoisotopic (exact) mass is 359 g/mol. The highest BCUT2D eigenvalue weighted by Crippen LogP contribution is 2.40. The van der Waals surface area contributed by atoms with Gasteiger partial charge in [0.2, 0.25) is 3.79 Å². The van der Waals surface area contributed by atoms with Crippen LogP contribution in [0.25, 0.3) is 0 Å². The van der Waals surface area contributed by atoms with E-state index in [1.165, 1.54) is 7.11 Å². The summed E-state index contributed by atoms with van der Waals surface area (Å²) in [6.45, 7) is 3.60. The maximum atomic E-state index is 11.4. The summed E-state index contributed by atoms with van der Waals surface area (Å²) in [5.74, 6) is 0. The van der Waals surface area contributed by atoms with Gasteiger partial charge in [0, 0.05) is 13.5 Å². The second-order valence-electron chi connectivity index (χ2n) is 5.51. The first-order chi connectivity index (χ1) is 9.56. The fourth-order valence-corrected chi connectivity index (χ4v) is 2.95. The zero-order valence-electron chi connectivity index (χ0n) is 11.7. The molecular weight excluding hydrogens is 344 g/mol. The number of hydrogen-bond acceptors (Lipinski definition) is 6. The number of methoxy groups -OCH3 is 1. The number of hydrogen-bond donors (Lipinski definition) is 1. The van der Waals surface area contributed by atoms with Gasteiger partial charge >= 0.3 is 6.16 Å². The van der Waals surface area contributed by atoms with Crippen molar-refractivity contribution in [1.29, 1.82) is 5.41 Å². The Kier molecular flexibility index (Phi) is 4.67. The van der Waals surface area contributed by atoms with Crippen LogP contribution in [0.2, 0.25) is 0 Å². The molecule has 0 saturated carbocycles. The SMILES string of the molecule is CO[C@@H]1C2OC(=O)O[C@@H]2C(CC(=N)C(Cl)(Cl)Cl)OC1(C)C. The number of fused-ring (bicyclic) bond motifs is 1. The molecule has 0 bridgehead atoms. The smallest absolute Gasteiger partial charge is 0.424 e. The number of carbonyl (C=O) groups excluding carboxylic acids is 1. The zero-order valence-corrected chi connectivity index (χ0v) is 14.0. The average Bonchev–Trinajstić information content (AvgIpc) is 2.68. The summed E-state index contributed by atoms with van der Waals surface area (Å²) in [6, 6.07) is 0. The van der Waals surface area contributed by atoms with E-state index in [4.69, 9.17) is 59.2 Å². The van der Waals surface area contributed by atoms with E-state index in [0.717, 1.165) is 0 Å². The second kappa shape index (κ2) is 5.74. The van der Waals surface area contributed by atoms with Crippen LogP contribution in [0.1, 0.15) is 20.3 Å². The van der Waals surface area contributed by atoms with E-state index in [0.29, 0.717) is 0 Å². The fraction of sp³-hybridized carbons (Fsp3) is 0.833. The van der Waals surface area contributed by atoms with Gasteiger partial charge in [0.1, 0.15) is 12.2 Å². The molecule has 0 aromatic heterocycles. The van der Waals surface area contributed by atoms with Crippen molar-refractivity contribution in [3.05, 3.63) is 0 Å². The molecule has 120 valence electrons. The summed E-state index contributed by atoms with van der Waals surface area (Å²) in [6.07, 6.45) is -3.26. The Bertz CT molecular complexity index is 451. The summed E-state index contributed by atoms with van der Waals surface area (Å²) in [5, 5.41) is 7.81. The van der Waals surface area contributed by atoms with E-state index in [1.54, 1.807) is 13.8 Å². The zero-order chi connectivity index (χ0) is 16.0. The molecule has 2 heterocycles.